The maximum absolute atomic E-state index is 5.35. The zero-order valence-electron chi connectivity index (χ0n) is 12.2. The van der Waals surface area contributed by atoms with Crippen LogP contribution in [0.3, 0.4) is 0 Å². The third-order valence-electron chi connectivity index (χ3n) is 3.13. The third-order valence-corrected chi connectivity index (χ3v) is 3.35. The van der Waals surface area contributed by atoms with Gasteiger partial charge in [-0.25, -0.2) is 0 Å². The molecule has 0 bridgehead atoms. The second kappa shape index (κ2) is 5.70. The van der Waals surface area contributed by atoms with Gasteiger partial charge in [-0.2, -0.15) is 0 Å². The largest absolute Gasteiger partial charge is 0.359 e. The molecule has 0 saturated heterocycles. The second-order valence-electron chi connectivity index (χ2n) is 6.06. The first-order valence-electron chi connectivity index (χ1n) is 6.34. The Morgan fingerprint density at radius 2 is 1.61 bits per heavy atom. The standard InChI is InChI=1S/C15H24N2S/c1-10-7-11(2)9-13(8-10)17-14(18)16-12(3)15(4,5)6/h7-9,12H,1-6H3,(H2,16,17,18). The molecule has 18 heavy (non-hydrogen) atoms. The molecule has 100 valence electrons. The number of aryl methyl sites for hydroxylation is 2. The molecule has 1 aromatic carbocycles. The highest BCUT2D eigenvalue weighted by Gasteiger charge is 2.20. The topological polar surface area (TPSA) is 24.1 Å². The molecule has 0 spiro atoms. The fraction of sp³-hybridized carbons (Fsp3) is 0.533. The fourth-order valence-corrected chi connectivity index (χ4v) is 1.92. The van der Waals surface area contributed by atoms with Crippen molar-refractivity contribution in [1.29, 1.82) is 0 Å². The van der Waals surface area contributed by atoms with Gasteiger partial charge in [0, 0.05) is 11.7 Å². The van der Waals surface area contributed by atoms with Gasteiger partial charge in [0.25, 0.3) is 0 Å². The van der Waals surface area contributed by atoms with E-state index >= 15 is 0 Å². The molecule has 0 aliphatic carbocycles. The van der Waals surface area contributed by atoms with E-state index in [9.17, 15) is 0 Å². The van der Waals surface area contributed by atoms with Crippen LogP contribution in [-0.2, 0) is 0 Å². The van der Waals surface area contributed by atoms with Crippen LogP contribution < -0.4 is 10.6 Å². The van der Waals surface area contributed by atoms with Gasteiger partial charge >= 0.3 is 0 Å². The van der Waals surface area contributed by atoms with Crippen molar-refractivity contribution in [3.8, 4) is 0 Å². The summed E-state index contributed by atoms with van der Waals surface area (Å²) in [5, 5.41) is 7.26. The smallest absolute Gasteiger partial charge is 0.171 e. The molecule has 1 atom stereocenters. The average molecular weight is 264 g/mol. The van der Waals surface area contributed by atoms with Crippen LogP contribution in [0.2, 0.25) is 0 Å². The van der Waals surface area contributed by atoms with E-state index < -0.39 is 0 Å². The molecule has 0 aliphatic heterocycles. The molecular formula is C15H24N2S. The molecular weight excluding hydrogens is 240 g/mol. The van der Waals surface area contributed by atoms with Crippen LogP contribution in [0, 0.1) is 19.3 Å². The number of hydrogen-bond donors (Lipinski definition) is 2. The minimum absolute atomic E-state index is 0.189. The first-order chi connectivity index (χ1) is 8.18. The normalized spacial score (nSPS) is 13.0. The van der Waals surface area contributed by atoms with E-state index in [-0.39, 0.29) is 5.41 Å². The number of nitrogens with one attached hydrogen (secondary N) is 2. The molecule has 0 heterocycles. The van der Waals surface area contributed by atoms with Gasteiger partial charge in [0.2, 0.25) is 0 Å². The number of thiocarbonyl (C=S) groups is 1. The van der Waals surface area contributed by atoms with Gasteiger partial charge in [0.05, 0.1) is 0 Å². The molecule has 3 heteroatoms. The first kappa shape index (κ1) is 15.0. The van der Waals surface area contributed by atoms with Gasteiger partial charge < -0.3 is 10.6 Å². The minimum atomic E-state index is 0.189. The Morgan fingerprint density at radius 3 is 2.06 bits per heavy atom. The van der Waals surface area contributed by atoms with Crippen LogP contribution in [0.25, 0.3) is 0 Å². The van der Waals surface area contributed by atoms with Crippen LogP contribution in [0.1, 0.15) is 38.8 Å². The van der Waals surface area contributed by atoms with Crippen molar-refractivity contribution in [1.82, 2.24) is 5.32 Å². The van der Waals surface area contributed by atoms with Gasteiger partial charge in [-0.1, -0.05) is 26.8 Å². The fourth-order valence-electron chi connectivity index (χ4n) is 1.63. The van der Waals surface area contributed by atoms with Gasteiger partial charge in [-0.05, 0) is 61.7 Å². The Hall–Kier alpha value is -1.09. The summed E-state index contributed by atoms with van der Waals surface area (Å²) in [5.74, 6) is 0. The summed E-state index contributed by atoms with van der Waals surface area (Å²) in [4.78, 5) is 0. The summed E-state index contributed by atoms with van der Waals surface area (Å²) >= 11 is 5.35. The van der Waals surface area contributed by atoms with Crippen LogP contribution in [0.5, 0.6) is 0 Å². The van der Waals surface area contributed by atoms with Crippen molar-refractivity contribution in [3.05, 3.63) is 29.3 Å². The zero-order chi connectivity index (χ0) is 13.9. The van der Waals surface area contributed by atoms with E-state index in [1.165, 1.54) is 11.1 Å². The lowest BCUT2D eigenvalue weighted by Gasteiger charge is -2.29. The Kier molecular flexibility index (Phi) is 4.74. The van der Waals surface area contributed by atoms with Crippen molar-refractivity contribution in [3.63, 3.8) is 0 Å². The van der Waals surface area contributed by atoms with Crippen LogP contribution >= 0.6 is 12.2 Å². The molecule has 0 aliphatic rings. The van der Waals surface area contributed by atoms with Crippen LogP contribution in [0.15, 0.2) is 18.2 Å². The highest BCUT2D eigenvalue weighted by Crippen LogP contribution is 2.19. The van der Waals surface area contributed by atoms with Crippen molar-refractivity contribution >= 4 is 23.0 Å². The second-order valence-corrected chi connectivity index (χ2v) is 6.47. The maximum Gasteiger partial charge on any atom is 0.171 e. The quantitative estimate of drug-likeness (QED) is 0.789. The molecule has 0 amide bonds. The third kappa shape index (κ3) is 4.65. The molecule has 0 fully saturated rings. The van der Waals surface area contributed by atoms with Crippen LogP contribution in [0.4, 0.5) is 5.69 Å². The lowest BCUT2D eigenvalue weighted by atomic mass is 9.88. The Bertz CT molecular complexity index is 412. The summed E-state index contributed by atoms with van der Waals surface area (Å²) in [6.45, 7) is 12.9. The summed E-state index contributed by atoms with van der Waals surface area (Å²) in [5.41, 5.74) is 3.72. The minimum Gasteiger partial charge on any atom is -0.359 e. The van der Waals surface area contributed by atoms with Gasteiger partial charge in [0.1, 0.15) is 0 Å². The molecule has 0 saturated carbocycles. The molecule has 0 radical (unpaired) electrons. The number of rotatable bonds is 2. The van der Waals surface area contributed by atoms with E-state index in [1.54, 1.807) is 0 Å². The van der Waals surface area contributed by atoms with Gasteiger partial charge in [-0.3, -0.25) is 0 Å². The Balaban J connectivity index is 2.65. The summed E-state index contributed by atoms with van der Waals surface area (Å²) in [6.07, 6.45) is 0. The SMILES string of the molecule is Cc1cc(C)cc(NC(=S)NC(C)C(C)(C)C)c1. The Morgan fingerprint density at radius 1 is 1.11 bits per heavy atom. The predicted octanol–water partition coefficient (Wildman–Crippen LogP) is 4.02. The monoisotopic (exact) mass is 264 g/mol. The molecule has 1 aromatic rings. The number of benzene rings is 1. The molecule has 1 rings (SSSR count). The van der Waals surface area contributed by atoms with Crippen LogP contribution in [-0.4, -0.2) is 11.2 Å². The van der Waals surface area contributed by atoms with Crippen molar-refractivity contribution in [2.75, 3.05) is 5.32 Å². The number of hydrogen-bond acceptors (Lipinski definition) is 1. The predicted molar refractivity (Wildman–Crippen MR) is 84.2 cm³/mol. The van der Waals surface area contributed by atoms with E-state index in [0.717, 1.165) is 5.69 Å². The van der Waals surface area contributed by atoms with E-state index in [2.05, 4.69) is 70.4 Å². The van der Waals surface area contributed by atoms with Gasteiger partial charge in [0.15, 0.2) is 5.11 Å². The van der Waals surface area contributed by atoms with Crippen molar-refractivity contribution in [2.24, 2.45) is 5.41 Å². The molecule has 0 aromatic heterocycles. The summed E-state index contributed by atoms with van der Waals surface area (Å²) in [6, 6.07) is 6.67. The van der Waals surface area contributed by atoms with E-state index in [1.807, 2.05) is 0 Å². The summed E-state index contributed by atoms with van der Waals surface area (Å²) < 4.78 is 0. The van der Waals surface area contributed by atoms with Gasteiger partial charge in [-0.15, -0.1) is 0 Å². The van der Waals surface area contributed by atoms with Crippen molar-refractivity contribution in [2.45, 2.75) is 47.6 Å². The first-order valence-corrected chi connectivity index (χ1v) is 6.75. The Labute approximate surface area is 116 Å². The zero-order valence-corrected chi connectivity index (χ0v) is 13.0. The molecule has 1 unspecified atom stereocenters. The van der Waals surface area contributed by atoms with Crippen molar-refractivity contribution < 1.29 is 0 Å². The highest BCUT2D eigenvalue weighted by molar-refractivity contribution is 7.80. The lowest BCUT2D eigenvalue weighted by Crippen LogP contribution is -2.43. The molecule has 2 nitrogen and oxygen atoms in total. The van der Waals surface area contributed by atoms with E-state index in [4.69, 9.17) is 12.2 Å². The number of anilines is 1. The highest BCUT2D eigenvalue weighted by atomic mass is 32.1. The summed E-state index contributed by atoms with van der Waals surface area (Å²) in [7, 11) is 0. The maximum atomic E-state index is 5.35. The molecule has 2 N–H and O–H groups in total. The average Bonchev–Trinajstić information content (AvgIpc) is 2.13. The lowest BCUT2D eigenvalue weighted by molar-refractivity contribution is 0.317. The van der Waals surface area contributed by atoms with E-state index in [0.29, 0.717) is 11.2 Å².